The van der Waals surface area contributed by atoms with Gasteiger partial charge in [-0.2, -0.15) is 0 Å². The fourth-order valence-electron chi connectivity index (χ4n) is 4.57. The van der Waals surface area contributed by atoms with Gasteiger partial charge in [0.25, 0.3) is 0 Å². The first-order valence-corrected chi connectivity index (χ1v) is 12.3. The number of rotatable bonds is 6. The molecule has 4 rings (SSSR count). The number of nitrogens with two attached hydrogens (primary N) is 1. The van der Waals surface area contributed by atoms with Gasteiger partial charge in [-0.15, -0.1) is 0 Å². The van der Waals surface area contributed by atoms with Crippen molar-refractivity contribution in [3.8, 4) is 11.3 Å². The van der Waals surface area contributed by atoms with Crippen LogP contribution in [0.5, 0.6) is 0 Å². The first-order chi connectivity index (χ1) is 16.6. The molecule has 0 atom stereocenters. The third kappa shape index (κ3) is 6.24. The van der Waals surface area contributed by atoms with E-state index in [2.05, 4.69) is 22.2 Å². The van der Waals surface area contributed by atoms with Crippen molar-refractivity contribution in [3.63, 3.8) is 0 Å². The van der Waals surface area contributed by atoms with Crippen LogP contribution in [-0.2, 0) is 16.0 Å². The van der Waals surface area contributed by atoms with Crippen molar-refractivity contribution < 1.29 is 13.9 Å². The average Bonchev–Trinajstić information content (AvgIpc) is 2.80. The summed E-state index contributed by atoms with van der Waals surface area (Å²) in [5.41, 5.74) is 9.10. The number of hydrogen-bond donors (Lipinski definition) is 2. The molecule has 1 fully saturated rings. The molecule has 0 unspecified atom stereocenters. The van der Waals surface area contributed by atoms with Gasteiger partial charge in [0, 0.05) is 18.0 Å². The highest BCUT2D eigenvalue weighted by Gasteiger charge is 2.26. The Balaban J connectivity index is 1.44. The molecule has 35 heavy (non-hydrogen) atoms. The van der Waals surface area contributed by atoms with Crippen LogP contribution >= 0.6 is 0 Å². The number of aryl methyl sites for hydroxylation is 1. The number of nitrogens with one attached hydrogen (secondary N) is 1. The summed E-state index contributed by atoms with van der Waals surface area (Å²) >= 11 is 0. The Morgan fingerprint density at radius 2 is 1.91 bits per heavy atom. The first-order valence-electron chi connectivity index (χ1n) is 12.3. The van der Waals surface area contributed by atoms with E-state index in [0.29, 0.717) is 35.1 Å². The number of esters is 1. The smallest absolute Gasteiger partial charge is 0.306 e. The normalized spacial score (nSPS) is 18.4. The zero-order chi connectivity index (χ0) is 25.2. The molecule has 0 spiro atoms. The van der Waals surface area contributed by atoms with E-state index in [1.807, 2.05) is 26.8 Å². The minimum atomic E-state index is -0.459. The SMILES string of the molecule is CCc1cc(-c2ccc(N)c(F)c2)nc2cnc(NC3CCC(CC(=O)OC(C)(C)C)CC3)nc12. The Kier molecular flexibility index (Phi) is 7.19. The summed E-state index contributed by atoms with van der Waals surface area (Å²) in [4.78, 5) is 26.1. The lowest BCUT2D eigenvalue weighted by molar-refractivity contribution is -0.156. The molecule has 2 heterocycles. The van der Waals surface area contributed by atoms with Crippen molar-refractivity contribution in [2.45, 2.75) is 77.9 Å². The summed E-state index contributed by atoms with van der Waals surface area (Å²) in [7, 11) is 0. The van der Waals surface area contributed by atoms with Crippen LogP contribution in [0.4, 0.5) is 16.0 Å². The Morgan fingerprint density at radius 1 is 1.17 bits per heavy atom. The molecule has 7 nitrogen and oxygen atoms in total. The van der Waals surface area contributed by atoms with Crippen LogP contribution in [0.3, 0.4) is 0 Å². The van der Waals surface area contributed by atoms with Crippen LogP contribution < -0.4 is 11.1 Å². The zero-order valence-corrected chi connectivity index (χ0v) is 20.9. The van der Waals surface area contributed by atoms with E-state index in [0.717, 1.165) is 43.2 Å². The van der Waals surface area contributed by atoms with Gasteiger partial charge in [0.1, 0.15) is 16.9 Å². The van der Waals surface area contributed by atoms with Gasteiger partial charge in [0.05, 0.1) is 23.1 Å². The molecule has 3 aromatic rings. The van der Waals surface area contributed by atoms with E-state index in [-0.39, 0.29) is 17.7 Å². The average molecular weight is 480 g/mol. The maximum absolute atomic E-state index is 14.0. The number of nitrogen functional groups attached to an aromatic ring is 1. The minimum Gasteiger partial charge on any atom is -0.460 e. The zero-order valence-electron chi connectivity index (χ0n) is 20.9. The predicted octanol–water partition coefficient (Wildman–Crippen LogP) is 5.68. The Bertz CT molecular complexity index is 1220. The molecular weight excluding hydrogens is 445 g/mol. The summed E-state index contributed by atoms with van der Waals surface area (Å²) in [5, 5.41) is 3.47. The van der Waals surface area contributed by atoms with Gasteiger partial charge in [-0.1, -0.05) is 13.0 Å². The van der Waals surface area contributed by atoms with Gasteiger partial charge in [0.15, 0.2) is 0 Å². The summed E-state index contributed by atoms with van der Waals surface area (Å²) in [6.07, 6.45) is 6.79. The molecule has 0 aliphatic heterocycles. The number of nitrogens with zero attached hydrogens (tertiary/aromatic N) is 3. The number of benzene rings is 1. The molecule has 1 saturated carbocycles. The standard InChI is InChI=1S/C27H34FN5O2/c1-5-17-14-22(18-8-11-21(29)20(28)13-18)32-23-15-30-26(33-25(17)23)31-19-9-6-16(7-10-19)12-24(34)35-27(2,3)4/h8,11,13-16,19H,5-7,9-10,12,29H2,1-4H3,(H,30,31,33). The minimum absolute atomic E-state index is 0.114. The monoisotopic (exact) mass is 479 g/mol. The second kappa shape index (κ2) is 10.1. The highest BCUT2D eigenvalue weighted by Crippen LogP contribution is 2.30. The number of fused-ring (bicyclic) bond motifs is 1. The van der Waals surface area contributed by atoms with Crippen LogP contribution in [0, 0.1) is 11.7 Å². The van der Waals surface area contributed by atoms with Crippen LogP contribution in [-0.4, -0.2) is 32.6 Å². The molecule has 0 bridgehead atoms. The number of ether oxygens (including phenoxy) is 1. The lowest BCUT2D eigenvalue weighted by Crippen LogP contribution is -2.30. The first kappa shape index (κ1) is 24.8. The topological polar surface area (TPSA) is 103 Å². The molecule has 3 N–H and O–H groups in total. The van der Waals surface area contributed by atoms with Crippen molar-refractivity contribution in [1.29, 1.82) is 0 Å². The van der Waals surface area contributed by atoms with Gasteiger partial charge in [-0.05, 0) is 82.6 Å². The lowest BCUT2D eigenvalue weighted by atomic mass is 9.84. The fourth-order valence-corrected chi connectivity index (χ4v) is 4.57. The predicted molar refractivity (Wildman–Crippen MR) is 136 cm³/mol. The molecule has 2 aromatic heterocycles. The molecule has 0 amide bonds. The molecule has 1 aliphatic carbocycles. The Labute approximate surface area is 205 Å². The summed E-state index contributed by atoms with van der Waals surface area (Å²) in [6, 6.07) is 6.93. The quantitative estimate of drug-likeness (QED) is 0.346. The molecule has 1 aromatic carbocycles. The number of pyridine rings is 1. The van der Waals surface area contributed by atoms with Crippen LogP contribution in [0.2, 0.25) is 0 Å². The number of hydrogen-bond acceptors (Lipinski definition) is 7. The van der Waals surface area contributed by atoms with E-state index >= 15 is 0 Å². The maximum atomic E-state index is 14.0. The number of halogens is 1. The largest absolute Gasteiger partial charge is 0.460 e. The van der Waals surface area contributed by atoms with Gasteiger partial charge in [-0.3, -0.25) is 4.79 Å². The van der Waals surface area contributed by atoms with Crippen LogP contribution in [0.15, 0.2) is 30.5 Å². The highest BCUT2D eigenvalue weighted by molar-refractivity contribution is 5.82. The van der Waals surface area contributed by atoms with E-state index in [1.54, 1.807) is 18.3 Å². The van der Waals surface area contributed by atoms with Crippen molar-refractivity contribution >= 4 is 28.6 Å². The summed E-state index contributed by atoms with van der Waals surface area (Å²) in [6.45, 7) is 7.75. The van der Waals surface area contributed by atoms with Crippen molar-refractivity contribution in [2.24, 2.45) is 5.92 Å². The van der Waals surface area contributed by atoms with Crippen LogP contribution in [0.1, 0.15) is 65.4 Å². The lowest BCUT2D eigenvalue weighted by Gasteiger charge is -2.29. The third-order valence-corrected chi connectivity index (χ3v) is 6.36. The summed E-state index contributed by atoms with van der Waals surface area (Å²) < 4.78 is 19.4. The van der Waals surface area contributed by atoms with Gasteiger partial charge in [-0.25, -0.2) is 19.3 Å². The number of carbonyl (C=O) groups is 1. The molecule has 186 valence electrons. The fraction of sp³-hybridized carbons (Fsp3) is 0.481. The second-order valence-corrected chi connectivity index (χ2v) is 10.3. The molecule has 0 radical (unpaired) electrons. The molecule has 0 saturated heterocycles. The van der Waals surface area contributed by atoms with Crippen molar-refractivity contribution in [2.75, 3.05) is 11.1 Å². The number of anilines is 2. The molecule has 8 heteroatoms. The van der Waals surface area contributed by atoms with E-state index in [4.69, 9.17) is 15.5 Å². The van der Waals surface area contributed by atoms with Crippen LogP contribution in [0.25, 0.3) is 22.3 Å². The third-order valence-electron chi connectivity index (χ3n) is 6.36. The van der Waals surface area contributed by atoms with Crippen molar-refractivity contribution in [3.05, 3.63) is 41.8 Å². The number of aromatic nitrogens is 3. The Hall–Kier alpha value is -3.29. The Morgan fingerprint density at radius 3 is 2.57 bits per heavy atom. The van der Waals surface area contributed by atoms with Gasteiger partial charge >= 0.3 is 5.97 Å². The molecule has 1 aliphatic rings. The van der Waals surface area contributed by atoms with E-state index in [1.165, 1.54) is 6.07 Å². The number of carbonyl (C=O) groups excluding carboxylic acids is 1. The van der Waals surface area contributed by atoms with E-state index < -0.39 is 11.4 Å². The van der Waals surface area contributed by atoms with E-state index in [9.17, 15) is 9.18 Å². The van der Waals surface area contributed by atoms with Crippen molar-refractivity contribution in [1.82, 2.24) is 15.0 Å². The summed E-state index contributed by atoms with van der Waals surface area (Å²) in [5.74, 6) is 0.357. The molecular formula is C27H34FN5O2. The second-order valence-electron chi connectivity index (χ2n) is 10.3. The highest BCUT2D eigenvalue weighted by atomic mass is 19.1. The van der Waals surface area contributed by atoms with Gasteiger partial charge in [0.2, 0.25) is 5.95 Å². The maximum Gasteiger partial charge on any atom is 0.306 e. The van der Waals surface area contributed by atoms with Gasteiger partial charge < -0.3 is 15.8 Å².